The normalized spacial score (nSPS) is 17.6. The summed E-state index contributed by atoms with van der Waals surface area (Å²) >= 11 is 2.32. The molecule has 2 aromatic heterocycles. The number of phosphoric acid groups is 1. The van der Waals surface area contributed by atoms with Crippen molar-refractivity contribution in [2.75, 3.05) is 26.4 Å². The van der Waals surface area contributed by atoms with Crippen molar-refractivity contribution in [1.82, 2.24) is 14.8 Å². The van der Waals surface area contributed by atoms with Crippen LogP contribution in [-0.2, 0) is 51.1 Å². The van der Waals surface area contributed by atoms with E-state index < -0.39 is 48.4 Å². The number of allylic oxidation sites excluding steroid dienone is 2. The van der Waals surface area contributed by atoms with Gasteiger partial charge in [-0.05, 0) is 48.7 Å². The number of halogens is 3. The first-order valence-corrected chi connectivity index (χ1v) is 20.5. The summed E-state index contributed by atoms with van der Waals surface area (Å²) in [5.74, 6) is -3.19. The highest BCUT2D eigenvalue weighted by atomic mass is 32.2. The Labute approximate surface area is 335 Å². The summed E-state index contributed by atoms with van der Waals surface area (Å²) in [4.78, 5) is 18.3. The number of carbonyl (C=O) groups is 1. The molecular formula is C39H38F3N4O8PS2. The summed E-state index contributed by atoms with van der Waals surface area (Å²) in [5.41, 5.74) is -1.14. The topological polar surface area (TPSA) is 144 Å². The quantitative estimate of drug-likeness (QED) is 0.0364. The first kappa shape index (κ1) is 43.5. The summed E-state index contributed by atoms with van der Waals surface area (Å²) in [6, 6.07) is 10.6. The number of nitriles is 1. The van der Waals surface area contributed by atoms with E-state index in [1.54, 1.807) is 42.7 Å². The molecule has 5 rings (SSSR count). The molecule has 0 N–H and O–H groups in total. The highest BCUT2D eigenvalue weighted by Crippen LogP contribution is 2.50. The summed E-state index contributed by atoms with van der Waals surface area (Å²) in [7, 11) is -4.10. The second-order valence-electron chi connectivity index (χ2n) is 12.2. The van der Waals surface area contributed by atoms with E-state index in [1.807, 2.05) is 6.07 Å². The van der Waals surface area contributed by atoms with Crippen molar-refractivity contribution in [2.24, 2.45) is 0 Å². The number of rotatable bonds is 20. The van der Waals surface area contributed by atoms with Crippen LogP contribution in [0.3, 0.4) is 0 Å². The Morgan fingerprint density at radius 2 is 1.86 bits per heavy atom. The zero-order chi connectivity index (χ0) is 40.8. The van der Waals surface area contributed by atoms with Crippen molar-refractivity contribution < 1.29 is 50.3 Å². The molecule has 12 nitrogen and oxygen atoms in total. The minimum atomic E-state index is -4.10. The van der Waals surface area contributed by atoms with Gasteiger partial charge in [-0.3, -0.25) is 13.6 Å². The fourth-order valence-electron chi connectivity index (χ4n) is 5.51. The van der Waals surface area contributed by atoms with Crippen molar-refractivity contribution in [2.45, 2.75) is 42.5 Å². The summed E-state index contributed by atoms with van der Waals surface area (Å²) < 4.78 is 93.3. The molecule has 0 amide bonds. The molecule has 2 atom stereocenters. The van der Waals surface area contributed by atoms with Crippen molar-refractivity contribution in [3.8, 4) is 6.07 Å². The third-order valence-electron chi connectivity index (χ3n) is 8.27. The predicted molar refractivity (Wildman–Crippen MR) is 208 cm³/mol. The largest absolute Gasteiger partial charge is 0.475 e. The summed E-state index contributed by atoms with van der Waals surface area (Å²) in [5, 5.41) is 13.7. The molecule has 1 aliphatic heterocycles. The third-order valence-corrected chi connectivity index (χ3v) is 12.0. The number of phosphoric ester groups is 1. The second-order valence-corrected chi connectivity index (χ2v) is 16.4. The Kier molecular flexibility index (Phi) is 15.8. The number of nitrogens with zero attached hydrogens (tertiary/aromatic N) is 4. The molecule has 3 heterocycles. The number of hydrogen-bond acceptors (Lipinski definition) is 13. The molecule has 4 aromatic rings. The average Bonchev–Trinajstić information content (AvgIpc) is 3.91. The molecule has 0 saturated carbocycles. The molecule has 0 bridgehead atoms. The van der Waals surface area contributed by atoms with Crippen molar-refractivity contribution in [3.05, 3.63) is 149 Å². The lowest BCUT2D eigenvalue weighted by atomic mass is 9.89. The van der Waals surface area contributed by atoms with Gasteiger partial charge in [-0.25, -0.2) is 32.2 Å². The number of hydrogen-bond donors (Lipinski definition) is 0. The van der Waals surface area contributed by atoms with Gasteiger partial charge in [0.2, 0.25) is 0 Å². The van der Waals surface area contributed by atoms with Gasteiger partial charge in [-0.15, -0.1) is 36.3 Å². The van der Waals surface area contributed by atoms with Crippen LogP contribution >= 0.6 is 30.9 Å². The molecule has 0 aliphatic carbocycles. The molecule has 2 aromatic carbocycles. The Morgan fingerprint density at radius 3 is 2.51 bits per heavy atom. The van der Waals surface area contributed by atoms with Crippen LogP contribution in [0.1, 0.15) is 38.8 Å². The Hall–Kier alpha value is -4.63. The predicted octanol–water partition coefficient (Wildman–Crippen LogP) is 8.54. The Balaban J connectivity index is 1.36. The molecule has 18 heteroatoms. The highest BCUT2D eigenvalue weighted by Gasteiger charge is 2.47. The lowest BCUT2D eigenvalue weighted by Crippen LogP contribution is -2.47. The Bertz CT molecular complexity index is 2140. The van der Waals surface area contributed by atoms with E-state index in [0.717, 1.165) is 23.5 Å². The third kappa shape index (κ3) is 11.7. The van der Waals surface area contributed by atoms with Crippen LogP contribution in [0.4, 0.5) is 13.2 Å². The molecule has 0 unspecified atom stereocenters. The summed E-state index contributed by atoms with van der Waals surface area (Å²) in [6.07, 6.45) is 11.1. The molecule has 1 aliphatic rings. The van der Waals surface area contributed by atoms with Gasteiger partial charge in [0.05, 0.1) is 56.5 Å². The van der Waals surface area contributed by atoms with Gasteiger partial charge in [-0.1, -0.05) is 36.4 Å². The van der Waals surface area contributed by atoms with Gasteiger partial charge >= 0.3 is 13.8 Å². The van der Waals surface area contributed by atoms with Gasteiger partial charge in [-0.2, -0.15) is 10.4 Å². The smallest absolute Gasteiger partial charge is 0.447 e. The number of carbonyl (C=O) groups excluding carboxylic acids is 1. The number of benzene rings is 2. The number of esters is 1. The number of aromatic nitrogens is 3. The molecule has 300 valence electrons. The summed E-state index contributed by atoms with van der Waals surface area (Å²) in [6.45, 7) is 8.32. The lowest BCUT2D eigenvalue weighted by Gasteiger charge is -2.40. The fourth-order valence-corrected chi connectivity index (χ4v) is 8.76. The molecule has 0 spiro atoms. The maximum atomic E-state index is 15.9. The van der Waals surface area contributed by atoms with Crippen molar-refractivity contribution in [3.63, 3.8) is 0 Å². The molecule has 57 heavy (non-hydrogen) atoms. The molecule has 1 fully saturated rings. The maximum absolute atomic E-state index is 15.9. The standard InChI is InChI=1S/C39H38F3N4O8PS2/c1-4-15-51-55(48,52-16-5-2)53-21-30-14-17-56-37(30)38(47)54-39(24-46-26-44-25-45-46,33-13-12-31(40)19-35(33)42)27(3)57-32-22-49-36(50-23-32)9-7-6-8-29-11-10-28(20-43)18-34(29)41/h4-14,17-19,25-27,32,36H,1-2,15-16,21-24H2,3H3/t27-,32-,36-,39-/m1/s1. The molecule has 0 radical (unpaired) electrons. The molecular weight excluding hydrogens is 805 g/mol. The van der Waals surface area contributed by atoms with Crippen LogP contribution in [0, 0.1) is 28.8 Å². The van der Waals surface area contributed by atoms with Crippen LogP contribution in [0.25, 0.3) is 6.08 Å². The molecule has 1 saturated heterocycles. The minimum Gasteiger partial charge on any atom is -0.447 e. The van der Waals surface area contributed by atoms with E-state index in [-0.39, 0.29) is 66.4 Å². The van der Waals surface area contributed by atoms with Gasteiger partial charge in [0, 0.05) is 28.0 Å². The fraction of sp³-hybridized carbons (Fsp3) is 0.282. The maximum Gasteiger partial charge on any atom is 0.475 e. The highest BCUT2D eigenvalue weighted by molar-refractivity contribution is 8.00. The van der Waals surface area contributed by atoms with Gasteiger partial charge in [0.1, 0.15) is 35.0 Å². The second kappa shape index (κ2) is 20.7. The van der Waals surface area contributed by atoms with Gasteiger partial charge in [0.15, 0.2) is 11.9 Å². The van der Waals surface area contributed by atoms with Crippen molar-refractivity contribution in [1.29, 1.82) is 5.26 Å². The van der Waals surface area contributed by atoms with E-state index in [2.05, 4.69) is 23.2 Å². The van der Waals surface area contributed by atoms with Crippen LogP contribution in [0.5, 0.6) is 0 Å². The van der Waals surface area contributed by atoms with E-state index in [4.69, 9.17) is 33.0 Å². The zero-order valence-corrected chi connectivity index (χ0v) is 33.1. The number of ether oxygens (including phenoxy) is 3. The lowest BCUT2D eigenvalue weighted by molar-refractivity contribution is -0.146. The van der Waals surface area contributed by atoms with Crippen LogP contribution in [0.2, 0.25) is 0 Å². The van der Waals surface area contributed by atoms with E-state index in [1.165, 1.54) is 59.4 Å². The zero-order valence-electron chi connectivity index (χ0n) is 30.6. The SMILES string of the molecule is C=CCOP(=O)(OCC=C)OCc1ccsc1C(=O)O[C@@](Cn1cncn1)(c1ccc(F)cc1F)[C@@H](C)S[C@H]1CO[C@H](C=CC=Cc2ccc(C#N)cc2F)OC1. The van der Waals surface area contributed by atoms with Gasteiger partial charge in [0.25, 0.3) is 0 Å². The number of thiophene rings is 1. The minimum absolute atomic E-state index is 0.0617. The van der Waals surface area contributed by atoms with E-state index in [0.29, 0.717) is 11.6 Å². The monoisotopic (exact) mass is 842 g/mol. The number of thioether (sulfide) groups is 1. The Morgan fingerprint density at radius 1 is 1.11 bits per heavy atom. The first-order chi connectivity index (χ1) is 27.5. The first-order valence-electron chi connectivity index (χ1n) is 17.3. The van der Waals surface area contributed by atoms with Crippen LogP contribution < -0.4 is 0 Å². The van der Waals surface area contributed by atoms with Crippen LogP contribution in [-0.4, -0.2) is 64.0 Å². The average molecular weight is 843 g/mol. The van der Waals surface area contributed by atoms with Crippen LogP contribution in [0.15, 0.2) is 104 Å². The van der Waals surface area contributed by atoms with Gasteiger partial charge < -0.3 is 14.2 Å². The van der Waals surface area contributed by atoms with Crippen molar-refractivity contribution >= 4 is 43.0 Å². The van der Waals surface area contributed by atoms with E-state index in [9.17, 15) is 18.1 Å². The van der Waals surface area contributed by atoms with E-state index >= 15 is 4.39 Å².